The molecule has 0 unspecified atom stereocenters. The number of carbonyl (C=O) groups excluding carboxylic acids is 1. The zero-order valence-corrected chi connectivity index (χ0v) is 20.9. The van der Waals surface area contributed by atoms with Crippen molar-refractivity contribution in [1.82, 2.24) is 10.6 Å². The minimum Gasteiger partial charge on any atom is -0.409 e. The predicted molar refractivity (Wildman–Crippen MR) is 136 cm³/mol. The number of ether oxygens (including phenoxy) is 1. The van der Waals surface area contributed by atoms with E-state index in [2.05, 4.69) is 22.5 Å². The van der Waals surface area contributed by atoms with E-state index in [4.69, 9.17) is 15.6 Å². The molecule has 0 heterocycles. The number of carbonyl (C=O) groups is 1. The molecule has 0 spiro atoms. The van der Waals surface area contributed by atoms with E-state index in [-0.39, 0.29) is 23.9 Å². The van der Waals surface area contributed by atoms with Crippen molar-refractivity contribution in [2.45, 2.75) is 12.4 Å². The smallest absolute Gasteiger partial charge is 0.409 e. The molecule has 0 saturated carbocycles. The van der Waals surface area contributed by atoms with Gasteiger partial charge in [0.2, 0.25) is 0 Å². The summed E-state index contributed by atoms with van der Waals surface area (Å²) in [6.45, 7) is -0.167. The molecule has 0 saturated heterocycles. The zero-order valence-electron chi connectivity index (χ0n) is 20.9. The van der Waals surface area contributed by atoms with Crippen LogP contribution >= 0.6 is 0 Å². The molecule has 0 aliphatic carbocycles. The summed E-state index contributed by atoms with van der Waals surface area (Å²) in [5.74, 6) is 3.25. The van der Waals surface area contributed by atoms with E-state index in [1.165, 1.54) is 6.20 Å². The topological polar surface area (TPSA) is 101 Å². The third-order valence-electron chi connectivity index (χ3n) is 5.00. The second kappa shape index (κ2) is 13.3. The molecule has 0 bridgehead atoms. The Morgan fingerprint density at radius 1 is 1.02 bits per heavy atom. The number of halogens is 7. The molecular weight excluding hydrogens is 547 g/mol. The van der Waals surface area contributed by atoms with E-state index < -0.39 is 52.3 Å². The van der Waals surface area contributed by atoms with E-state index in [9.17, 15) is 35.5 Å². The Hall–Kier alpha value is -4.80. The first-order valence-corrected chi connectivity index (χ1v) is 11.1. The summed E-state index contributed by atoms with van der Waals surface area (Å²) in [5, 5.41) is 20.1. The molecule has 40 heavy (non-hydrogen) atoms. The van der Waals surface area contributed by atoms with Gasteiger partial charge in [-0.3, -0.25) is 4.90 Å². The van der Waals surface area contributed by atoms with Crippen LogP contribution in [0.1, 0.15) is 16.7 Å². The van der Waals surface area contributed by atoms with Crippen molar-refractivity contribution in [3.05, 3.63) is 76.9 Å². The number of anilines is 1. The van der Waals surface area contributed by atoms with Crippen molar-refractivity contribution in [2.75, 3.05) is 25.5 Å². The predicted octanol–water partition coefficient (Wildman–Crippen LogP) is 5.83. The van der Waals surface area contributed by atoms with Crippen LogP contribution in [0.15, 0.2) is 54.4 Å². The average molecular weight is 569 g/mol. The van der Waals surface area contributed by atoms with Gasteiger partial charge < -0.3 is 26.2 Å². The summed E-state index contributed by atoms with van der Waals surface area (Å²) in [6.07, 6.45) is -8.24. The van der Waals surface area contributed by atoms with Crippen LogP contribution in [-0.2, 0) is 12.4 Å². The molecule has 1 amide bonds. The van der Waals surface area contributed by atoms with E-state index in [1.54, 1.807) is 7.05 Å². The molecule has 2 aromatic rings. The fraction of sp³-hybridized carbons (Fsp3) is 0.192. The first kappa shape index (κ1) is 31.4. The third kappa shape index (κ3) is 8.35. The molecule has 0 aromatic heterocycles. The number of hydrogen-bond donors (Lipinski definition) is 4. The van der Waals surface area contributed by atoms with Gasteiger partial charge in [-0.2, -0.15) is 26.3 Å². The Morgan fingerprint density at radius 2 is 1.68 bits per heavy atom. The SMILES string of the molecule is CN/C=C(/C#CCN/C=C(\C=N)c1cc(C(F)(F)F)cc(C(F)(F)F)c1OC(=O)N(C)c1ccc(F)cc1)C=N. The fourth-order valence-electron chi connectivity index (χ4n) is 3.08. The Balaban J connectivity index is 2.61. The van der Waals surface area contributed by atoms with E-state index in [0.717, 1.165) is 48.6 Å². The highest BCUT2D eigenvalue weighted by Gasteiger charge is 2.41. The lowest BCUT2D eigenvalue weighted by Gasteiger charge is -2.22. The highest BCUT2D eigenvalue weighted by Crippen LogP contribution is 2.44. The van der Waals surface area contributed by atoms with E-state index in [0.29, 0.717) is 12.3 Å². The lowest BCUT2D eigenvalue weighted by Crippen LogP contribution is -2.30. The van der Waals surface area contributed by atoms with Crippen LogP contribution in [0.5, 0.6) is 5.75 Å². The molecule has 0 radical (unpaired) electrons. The van der Waals surface area contributed by atoms with Gasteiger partial charge in [0, 0.05) is 55.7 Å². The molecule has 2 aromatic carbocycles. The largest absolute Gasteiger partial charge is 0.420 e. The van der Waals surface area contributed by atoms with Gasteiger partial charge in [0.25, 0.3) is 0 Å². The average Bonchev–Trinajstić information content (AvgIpc) is 2.89. The lowest BCUT2D eigenvalue weighted by molar-refractivity contribution is -0.143. The van der Waals surface area contributed by atoms with Gasteiger partial charge in [-0.15, -0.1) is 0 Å². The first-order valence-electron chi connectivity index (χ1n) is 11.1. The van der Waals surface area contributed by atoms with Gasteiger partial charge >= 0.3 is 18.4 Å². The number of nitrogens with zero attached hydrogens (tertiary/aromatic N) is 1. The van der Waals surface area contributed by atoms with Crippen LogP contribution in [0, 0.1) is 28.5 Å². The molecule has 2 rings (SSSR count). The molecule has 0 fully saturated rings. The maximum Gasteiger partial charge on any atom is 0.420 e. The van der Waals surface area contributed by atoms with Crippen LogP contribution in [0.25, 0.3) is 5.57 Å². The van der Waals surface area contributed by atoms with Crippen molar-refractivity contribution in [3.8, 4) is 17.6 Å². The normalized spacial score (nSPS) is 12.1. The van der Waals surface area contributed by atoms with Crippen molar-refractivity contribution in [2.24, 2.45) is 0 Å². The van der Waals surface area contributed by atoms with Crippen LogP contribution in [0.3, 0.4) is 0 Å². The monoisotopic (exact) mass is 569 g/mol. The van der Waals surface area contributed by atoms with E-state index in [1.807, 2.05) is 0 Å². The third-order valence-corrected chi connectivity index (χ3v) is 5.00. The number of hydrogen-bond acceptors (Lipinski definition) is 6. The quantitative estimate of drug-likeness (QED) is 0.139. The Kier molecular flexibility index (Phi) is 10.5. The van der Waals surface area contributed by atoms with Crippen LogP contribution in [0.2, 0.25) is 0 Å². The van der Waals surface area contributed by atoms with Gasteiger partial charge in [-0.25, -0.2) is 9.18 Å². The van der Waals surface area contributed by atoms with Crippen molar-refractivity contribution in [1.29, 1.82) is 10.8 Å². The number of amides is 1. The van der Waals surface area contributed by atoms with Gasteiger partial charge in [0.05, 0.1) is 23.2 Å². The van der Waals surface area contributed by atoms with E-state index >= 15 is 0 Å². The Labute approximate surface area is 224 Å². The highest BCUT2D eigenvalue weighted by atomic mass is 19.4. The molecule has 0 atom stereocenters. The molecule has 212 valence electrons. The van der Waals surface area contributed by atoms with Gasteiger partial charge in [0.1, 0.15) is 5.82 Å². The van der Waals surface area contributed by atoms with Crippen molar-refractivity contribution in [3.63, 3.8) is 0 Å². The number of nitrogens with one attached hydrogen (secondary N) is 4. The summed E-state index contributed by atoms with van der Waals surface area (Å²) in [6, 6.07) is 4.36. The number of alkyl halides is 6. The van der Waals surface area contributed by atoms with Crippen LogP contribution in [-0.4, -0.2) is 39.2 Å². The number of rotatable bonds is 8. The molecule has 7 nitrogen and oxygen atoms in total. The summed E-state index contributed by atoms with van der Waals surface area (Å²) in [4.78, 5) is 13.5. The van der Waals surface area contributed by atoms with Gasteiger partial charge in [0.15, 0.2) is 5.75 Å². The van der Waals surface area contributed by atoms with Gasteiger partial charge in [-0.05, 0) is 36.4 Å². The summed E-state index contributed by atoms with van der Waals surface area (Å²) >= 11 is 0. The van der Waals surface area contributed by atoms with Gasteiger partial charge in [-0.1, -0.05) is 11.8 Å². The maximum absolute atomic E-state index is 14.0. The second-order valence-corrected chi connectivity index (χ2v) is 7.76. The zero-order chi connectivity index (χ0) is 30.1. The standard InChI is InChI=1S/C26H22F7N5O2/c1-36-14-16(12-34)4-3-9-37-15-17(13-35)21-10-18(25(28,29)30)11-22(26(31,32)33)23(21)40-24(39)38(2)20-7-5-19(27)6-8-20/h5-8,10-15,34-37H,9H2,1-2H3/b16-14-,17-15+,34-12?,35-13?. The van der Waals surface area contributed by atoms with Crippen molar-refractivity contribution < 1.29 is 40.3 Å². The molecule has 14 heteroatoms. The maximum atomic E-state index is 14.0. The molecular formula is C26H22F7N5O2. The molecule has 4 N–H and O–H groups in total. The van der Waals surface area contributed by atoms with Crippen molar-refractivity contribution >= 4 is 29.8 Å². The minimum absolute atomic E-state index is 0.0214. The Morgan fingerprint density at radius 3 is 2.20 bits per heavy atom. The fourth-order valence-corrected chi connectivity index (χ4v) is 3.08. The first-order chi connectivity index (χ1) is 18.7. The summed E-state index contributed by atoms with van der Waals surface area (Å²) in [7, 11) is 2.68. The molecule has 0 aliphatic heterocycles. The second-order valence-electron chi connectivity index (χ2n) is 7.76. The summed E-state index contributed by atoms with van der Waals surface area (Å²) < 4.78 is 101. The van der Waals surface area contributed by atoms with Crippen LogP contribution in [0.4, 0.5) is 41.2 Å². The lowest BCUT2D eigenvalue weighted by atomic mass is 9.98. The number of allylic oxidation sites excluding steroid dienone is 2. The molecule has 0 aliphatic rings. The minimum atomic E-state index is -5.39. The number of benzene rings is 2. The van der Waals surface area contributed by atoms with Crippen LogP contribution < -0.4 is 20.3 Å². The summed E-state index contributed by atoms with van der Waals surface area (Å²) in [5.41, 5.74) is -4.64. The Bertz CT molecular complexity index is 1370. The highest BCUT2D eigenvalue weighted by molar-refractivity contribution is 6.10.